The van der Waals surface area contributed by atoms with Gasteiger partial charge in [-0.3, -0.25) is 9.69 Å². The van der Waals surface area contributed by atoms with Gasteiger partial charge >= 0.3 is 12.2 Å². The molecule has 0 aromatic heterocycles. The monoisotopic (exact) mass is 573 g/mol. The maximum absolute atomic E-state index is 12.7. The molecule has 2 aromatic carbocycles. The highest BCUT2D eigenvalue weighted by Crippen LogP contribution is 2.30. The van der Waals surface area contributed by atoms with Gasteiger partial charge in [0.2, 0.25) is 0 Å². The molecular weight excluding hydrogens is 539 g/mol. The fourth-order valence-corrected chi connectivity index (χ4v) is 4.46. The van der Waals surface area contributed by atoms with Gasteiger partial charge in [0.15, 0.2) is 0 Å². The quantitative estimate of drug-likeness (QED) is 0.310. The summed E-state index contributed by atoms with van der Waals surface area (Å²) in [4.78, 5) is 27.5. The third-order valence-electron chi connectivity index (χ3n) is 6.67. The Bertz CT molecular complexity index is 1260. The number of morpholine rings is 1. The van der Waals surface area contributed by atoms with Crippen LogP contribution in [0.25, 0.3) is 0 Å². The van der Waals surface area contributed by atoms with E-state index in [0.717, 1.165) is 51.4 Å². The number of anilines is 2. The van der Waals surface area contributed by atoms with Crippen LogP contribution in [0.5, 0.6) is 5.75 Å². The van der Waals surface area contributed by atoms with Crippen molar-refractivity contribution in [2.75, 3.05) is 57.1 Å². The van der Waals surface area contributed by atoms with Crippen molar-refractivity contribution in [3.63, 3.8) is 0 Å². The number of benzene rings is 2. The summed E-state index contributed by atoms with van der Waals surface area (Å²) in [5, 5.41) is 11.5. The van der Waals surface area contributed by atoms with Crippen LogP contribution in [0.2, 0.25) is 0 Å². The van der Waals surface area contributed by atoms with E-state index in [1.54, 1.807) is 24.3 Å². The number of hydrogen-bond donors (Lipinski definition) is 4. The van der Waals surface area contributed by atoms with Crippen LogP contribution >= 0.6 is 0 Å². The van der Waals surface area contributed by atoms with Gasteiger partial charge in [-0.05, 0) is 61.9 Å². The summed E-state index contributed by atoms with van der Waals surface area (Å²) in [5.74, 6) is 0.0826. The van der Waals surface area contributed by atoms with Crippen LogP contribution in [-0.4, -0.2) is 69.4 Å². The Balaban J connectivity index is 1.22. The maximum Gasteiger partial charge on any atom is 0.416 e. The van der Waals surface area contributed by atoms with Crippen LogP contribution < -0.4 is 26.0 Å². The van der Waals surface area contributed by atoms with E-state index in [9.17, 15) is 22.8 Å². The fraction of sp³-hybridized carbons (Fsp3) is 0.379. The highest BCUT2D eigenvalue weighted by molar-refractivity contribution is 5.98. The number of urea groups is 1. The standard InChI is InChI=1S/C29H34F3N5O4/c1-40-26-19-24(11-12-25(26)27(38)33-13-2-14-37-15-17-41-18-16-37)36-28(39)35-23-9-7-22(8-10-23)34-21-5-3-20(4-6-21)29(30,31)32/h3-7,9-12,19,22,34H,2,8,13-18H2,1H3,(H,33,38)(H2,35,36,39). The average molecular weight is 574 g/mol. The van der Waals surface area contributed by atoms with Crippen molar-refractivity contribution in [1.82, 2.24) is 15.5 Å². The van der Waals surface area contributed by atoms with Gasteiger partial charge in [0.25, 0.3) is 5.91 Å². The molecule has 4 rings (SSSR count). The molecule has 1 atom stereocenters. The largest absolute Gasteiger partial charge is 0.496 e. The van der Waals surface area contributed by atoms with Gasteiger partial charge in [-0.25, -0.2) is 4.79 Å². The lowest BCUT2D eigenvalue weighted by Crippen LogP contribution is -2.38. The van der Waals surface area contributed by atoms with Crippen molar-refractivity contribution < 1.29 is 32.2 Å². The zero-order valence-corrected chi connectivity index (χ0v) is 22.7. The molecule has 1 unspecified atom stereocenters. The van der Waals surface area contributed by atoms with E-state index in [2.05, 4.69) is 26.2 Å². The Morgan fingerprint density at radius 3 is 2.44 bits per heavy atom. The zero-order chi connectivity index (χ0) is 29.2. The molecule has 9 nitrogen and oxygen atoms in total. The summed E-state index contributed by atoms with van der Waals surface area (Å²) in [5.41, 5.74) is 1.26. The summed E-state index contributed by atoms with van der Waals surface area (Å²) in [6.07, 6.45) is 2.33. The lowest BCUT2D eigenvalue weighted by molar-refractivity contribution is -0.137. The van der Waals surface area contributed by atoms with Gasteiger partial charge < -0.3 is 30.7 Å². The Morgan fingerprint density at radius 1 is 1.05 bits per heavy atom. The molecule has 12 heteroatoms. The predicted molar refractivity (Wildman–Crippen MR) is 150 cm³/mol. The fourth-order valence-electron chi connectivity index (χ4n) is 4.46. The number of amides is 3. The van der Waals surface area contributed by atoms with Crippen molar-refractivity contribution in [3.8, 4) is 5.75 Å². The number of nitrogens with zero attached hydrogens (tertiary/aromatic N) is 1. The van der Waals surface area contributed by atoms with Crippen molar-refractivity contribution in [2.24, 2.45) is 0 Å². The molecule has 0 radical (unpaired) electrons. The number of alkyl halides is 3. The van der Waals surface area contributed by atoms with Crippen molar-refractivity contribution in [1.29, 1.82) is 0 Å². The minimum Gasteiger partial charge on any atom is -0.496 e. The summed E-state index contributed by atoms with van der Waals surface area (Å²) in [6.45, 7) is 4.71. The molecule has 0 saturated carbocycles. The van der Waals surface area contributed by atoms with Crippen LogP contribution in [0.15, 0.2) is 66.4 Å². The van der Waals surface area contributed by atoms with Gasteiger partial charge in [0.1, 0.15) is 5.75 Å². The summed E-state index contributed by atoms with van der Waals surface area (Å²) in [6, 6.07) is 9.03. The average Bonchev–Trinajstić information content (AvgIpc) is 2.96. The molecule has 2 aromatic rings. The number of hydrogen-bond acceptors (Lipinski definition) is 6. The molecule has 3 amide bonds. The Labute approximate surface area is 236 Å². The first-order valence-corrected chi connectivity index (χ1v) is 13.4. The molecule has 1 heterocycles. The van der Waals surface area contributed by atoms with Gasteiger partial charge in [0.05, 0.1) is 31.5 Å². The second-order valence-corrected chi connectivity index (χ2v) is 9.64. The lowest BCUT2D eigenvalue weighted by atomic mass is 10.1. The molecule has 41 heavy (non-hydrogen) atoms. The first kappa shape index (κ1) is 29.9. The number of methoxy groups -OCH3 is 1. The molecule has 1 saturated heterocycles. The smallest absolute Gasteiger partial charge is 0.416 e. The second kappa shape index (κ2) is 14.0. The number of carbonyl (C=O) groups excluding carboxylic acids is 2. The topological polar surface area (TPSA) is 104 Å². The van der Waals surface area contributed by atoms with E-state index in [-0.39, 0.29) is 11.9 Å². The number of ether oxygens (including phenoxy) is 2. The first-order valence-electron chi connectivity index (χ1n) is 13.4. The number of carbonyl (C=O) groups is 2. The molecule has 2 aliphatic rings. The molecule has 1 aliphatic carbocycles. The lowest BCUT2D eigenvalue weighted by Gasteiger charge is -2.26. The first-order chi connectivity index (χ1) is 19.7. The van der Waals surface area contributed by atoms with Gasteiger partial charge in [-0.15, -0.1) is 0 Å². The van der Waals surface area contributed by atoms with E-state index in [0.29, 0.717) is 41.4 Å². The molecule has 0 spiro atoms. The van der Waals surface area contributed by atoms with E-state index >= 15 is 0 Å². The minimum absolute atomic E-state index is 0.136. The maximum atomic E-state index is 12.7. The highest BCUT2D eigenvalue weighted by atomic mass is 19.4. The Hall–Kier alpha value is -4.03. The van der Waals surface area contributed by atoms with Gasteiger partial charge in [-0.1, -0.05) is 12.2 Å². The zero-order valence-electron chi connectivity index (χ0n) is 22.7. The van der Waals surface area contributed by atoms with Crippen LogP contribution in [-0.2, 0) is 10.9 Å². The van der Waals surface area contributed by atoms with Gasteiger partial charge in [-0.2, -0.15) is 13.2 Å². The third kappa shape index (κ3) is 8.98. The summed E-state index contributed by atoms with van der Waals surface area (Å²) >= 11 is 0. The molecule has 0 bridgehead atoms. The Kier molecular flexibility index (Phi) is 10.3. The molecule has 1 aliphatic heterocycles. The predicted octanol–water partition coefficient (Wildman–Crippen LogP) is 4.61. The summed E-state index contributed by atoms with van der Waals surface area (Å²) in [7, 11) is 1.46. The highest BCUT2D eigenvalue weighted by Gasteiger charge is 2.30. The minimum atomic E-state index is -4.38. The van der Waals surface area contributed by atoms with Crippen LogP contribution in [0.3, 0.4) is 0 Å². The van der Waals surface area contributed by atoms with Crippen LogP contribution in [0.4, 0.5) is 29.3 Å². The second-order valence-electron chi connectivity index (χ2n) is 9.64. The molecule has 4 N–H and O–H groups in total. The third-order valence-corrected chi connectivity index (χ3v) is 6.67. The number of nitrogens with one attached hydrogen (secondary N) is 4. The molecule has 220 valence electrons. The molecular formula is C29H34F3N5O4. The van der Waals surface area contributed by atoms with Crippen LogP contribution in [0, 0.1) is 0 Å². The number of rotatable bonds is 10. The van der Waals surface area contributed by atoms with E-state index in [1.807, 2.05) is 12.2 Å². The van der Waals surface area contributed by atoms with Crippen molar-refractivity contribution >= 4 is 23.3 Å². The Morgan fingerprint density at radius 2 is 1.78 bits per heavy atom. The van der Waals surface area contributed by atoms with Gasteiger partial charge in [0, 0.05) is 48.8 Å². The van der Waals surface area contributed by atoms with Crippen molar-refractivity contribution in [2.45, 2.75) is 25.1 Å². The van der Waals surface area contributed by atoms with E-state index < -0.39 is 17.8 Å². The van der Waals surface area contributed by atoms with E-state index in [4.69, 9.17) is 9.47 Å². The number of allylic oxidation sites excluding steroid dienone is 1. The van der Waals surface area contributed by atoms with E-state index in [1.165, 1.54) is 19.2 Å². The van der Waals surface area contributed by atoms with Crippen LogP contribution in [0.1, 0.15) is 28.8 Å². The van der Waals surface area contributed by atoms with Crippen molar-refractivity contribution in [3.05, 3.63) is 77.5 Å². The normalized spacial score (nSPS) is 17.4. The summed E-state index contributed by atoms with van der Waals surface area (Å²) < 4.78 is 49.0. The number of halogens is 3. The SMILES string of the molecule is COc1cc(NC(=O)NC2=CCC(Nc3ccc(C(F)(F)F)cc3)C=C2)ccc1C(=O)NCCCN1CCOCC1. The molecule has 1 fully saturated rings.